The molecule has 0 radical (unpaired) electrons. The fourth-order valence-electron chi connectivity index (χ4n) is 2.86. The number of hydrogen-bond donors (Lipinski definition) is 1. The number of alkyl halides is 3. The van der Waals surface area contributed by atoms with Gasteiger partial charge in [0.15, 0.2) is 5.78 Å². The van der Waals surface area contributed by atoms with E-state index in [-0.39, 0.29) is 17.5 Å². The zero-order chi connectivity index (χ0) is 18.1. The third-order valence-corrected chi connectivity index (χ3v) is 4.24. The summed E-state index contributed by atoms with van der Waals surface area (Å²) in [4.78, 5) is 19.5. The number of aromatic nitrogens is 2. The number of para-hydroxylation sites is 1. The van der Waals surface area contributed by atoms with Gasteiger partial charge in [0.1, 0.15) is 5.75 Å². The number of anilines is 1. The number of ether oxygens (including phenoxy) is 1. The Bertz CT molecular complexity index is 771. The molecule has 1 aromatic heterocycles. The first-order valence-corrected chi connectivity index (χ1v) is 7.75. The minimum absolute atomic E-state index is 0.158. The lowest BCUT2D eigenvalue weighted by Crippen LogP contribution is -2.43. The van der Waals surface area contributed by atoms with Crippen LogP contribution in [0, 0.1) is 0 Å². The number of carbonyl (C=O) groups excluding carboxylic acids is 1. The molecular weight excluding hydrogens is 335 g/mol. The van der Waals surface area contributed by atoms with E-state index < -0.39 is 11.9 Å². The summed E-state index contributed by atoms with van der Waals surface area (Å²) >= 11 is 0. The minimum Gasteiger partial charge on any atom is -0.405 e. The summed E-state index contributed by atoms with van der Waals surface area (Å²) in [6.45, 7) is 1.41. The average molecular weight is 351 g/mol. The molecule has 25 heavy (non-hydrogen) atoms. The summed E-state index contributed by atoms with van der Waals surface area (Å²) in [6.07, 6.45) is 0.135. The highest BCUT2D eigenvalue weighted by molar-refractivity contribution is 5.93. The van der Waals surface area contributed by atoms with Crippen LogP contribution in [0.1, 0.15) is 42.1 Å². The van der Waals surface area contributed by atoms with Gasteiger partial charge in [-0.3, -0.25) is 4.79 Å². The summed E-state index contributed by atoms with van der Waals surface area (Å²) in [5.74, 6) is -0.136. The Hall–Kier alpha value is -2.64. The third kappa shape index (κ3) is 3.72. The van der Waals surface area contributed by atoms with Crippen molar-refractivity contribution >= 4 is 11.7 Å². The first kappa shape index (κ1) is 17.2. The Morgan fingerprint density at radius 3 is 2.36 bits per heavy atom. The van der Waals surface area contributed by atoms with Gasteiger partial charge in [-0.15, -0.1) is 13.2 Å². The predicted molar refractivity (Wildman–Crippen MR) is 84.3 cm³/mol. The second-order valence-corrected chi connectivity index (χ2v) is 5.96. The molecular formula is C17H16F3N3O2. The quantitative estimate of drug-likeness (QED) is 0.823. The van der Waals surface area contributed by atoms with Crippen LogP contribution in [-0.4, -0.2) is 22.1 Å². The molecule has 1 N–H and O–H groups in total. The van der Waals surface area contributed by atoms with Crippen molar-refractivity contribution in [2.24, 2.45) is 0 Å². The van der Waals surface area contributed by atoms with Gasteiger partial charge in [-0.05, 0) is 32.3 Å². The predicted octanol–water partition coefficient (Wildman–Crippen LogP) is 4.07. The zero-order valence-corrected chi connectivity index (χ0v) is 13.4. The highest BCUT2D eigenvalue weighted by atomic mass is 19.4. The molecule has 0 saturated heterocycles. The molecule has 1 saturated carbocycles. The van der Waals surface area contributed by atoms with E-state index in [0.29, 0.717) is 24.0 Å². The van der Waals surface area contributed by atoms with Crippen LogP contribution < -0.4 is 10.1 Å². The van der Waals surface area contributed by atoms with E-state index in [0.717, 1.165) is 6.42 Å². The first-order chi connectivity index (χ1) is 11.8. The maximum Gasteiger partial charge on any atom is 0.573 e. The topological polar surface area (TPSA) is 64.1 Å². The highest BCUT2D eigenvalue weighted by Crippen LogP contribution is 2.47. The van der Waals surface area contributed by atoms with Crippen LogP contribution in [0.5, 0.6) is 5.75 Å². The molecule has 2 aromatic rings. The first-order valence-electron chi connectivity index (χ1n) is 7.75. The number of rotatable bonds is 5. The Morgan fingerprint density at radius 2 is 1.84 bits per heavy atom. The van der Waals surface area contributed by atoms with Gasteiger partial charge in [0.2, 0.25) is 5.95 Å². The lowest BCUT2D eigenvalue weighted by Gasteiger charge is -2.43. The average Bonchev–Trinajstić information content (AvgIpc) is 2.51. The molecule has 0 unspecified atom stereocenters. The van der Waals surface area contributed by atoms with Crippen LogP contribution in [0.2, 0.25) is 0 Å². The fourth-order valence-corrected chi connectivity index (χ4v) is 2.86. The van der Waals surface area contributed by atoms with E-state index >= 15 is 0 Å². The lowest BCUT2D eigenvalue weighted by atomic mass is 9.71. The van der Waals surface area contributed by atoms with E-state index in [1.807, 2.05) is 0 Å². The number of benzene rings is 1. The Morgan fingerprint density at radius 1 is 1.20 bits per heavy atom. The Labute approximate surface area is 142 Å². The van der Waals surface area contributed by atoms with Gasteiger partial charge < -0.3 is 10.1 Å². The lowest BCUT2D eigenvalue weighted by molar-refractivity contribution is -0.275. The van der Waals surface area contributed by atoms with Crippen molar-refractivity contribution in [1.29, 1.82) is 0 Å². The van der Waals surface area contributed by atoms with E-state index in [2.05, 4.69) is 20.0 Å². The minimum atomic E-state index is -4.76. The van der Waals surface area contributed by atoms with Crippen molar-refractivity contribution in [3.05, 3.63) is 47.8 Å². The smallest absolute Gasteiger partial charge is 0.405 e. The molecule has 8 heteroatoms. The van der Waals surface area contributed by atoms with Gasteiger partial charge in [-0.1, -0.05) is 18.2 Å². The van der Waals surface area contributed by atoms with E-state index in [4.69, 9.17) is 0 Å². The van der Waals surface area contributed by atoms with Crippen molar-refractivity contribution in [1.82, 2.24) is 9.97 Å². The summed E-state index contributed by atoms with van der Waals surface area (Å²) in [6, 6.07) is 6.07. The third-order valence-electron chi connectivity index (χ3n) is 4.24. The Kier molecular flexibility index (Phi) is 4.36. The molecule has 1 heterocycles. The van der Waals surface area contributed by atoms with Crippen LogP contribution in [0.15, 0.2) is 36.7 Å². The van der Waals surface area contributed by atoms with Gasteiger partial charge in [0.05, 0.1) is 11.1 Å². The van der Waals surface area contributed by atoms with Gasteiger partial charge in [0.25, 0.3) is 0 Å². The van der Waals surface area contributed by atoms with Crippen LogP contribution in [0.4, 0.5) is 19.1 Å². The molecule has 0 atom stereocenters. The molecule has 0 bridgehead atoms. The normalized spacial score (nSPS) is 16.0. The molecule has 132 valence electrons. The van der Waals surface area contributed by atoms with Crippen molar-refractivity contribution in [2.45, 2.75) is 38.1 Å². The number of nitrogens with zero attached hydrogens (tertiary/aromatic N) is 2. The second-order valence-electron chi connectivity index (χ2n) is 5.96. The number of Topliss-reactive ketones (excluding diaryl/α,β-unsaturated/α-hetero) is 1. The largest absolute Gasteiger partial charge is 0.573 e. The molecule has 0 aliphatic heterocycles. The summed E-state index contributed by atoms with van der Waals surface area (Å²) in [5, 5.41) is 3.12. The van der Waals surface area contributed by atoms with E-state index in [9.17, 15) is 18.0 Å². The fraction of sp³-hybridized carbons (Fsp3) is 0.353. The highest BCUT2D eigenvalue weighted by Gasteiger charge is 2.43. The van der Waals surface area contributed by atoms with E-state index in [1.54, 1.807) is 12.1 Å². The van der Waals surface area contributed by atoms with E-state index in [1.165, 1.54) is 31.5 Å². The summed E-state index contributed by atoms with van der Waals surface area (Å²) in [7, 11) is 0. The molecule has 3 rings (SSSR count). The molecule has 1 fully saturated rings. The number of carbonyl (C=O) groups is 1. The van der Waals surface area contributed by atoms with Crippen LogP contribution >= 0.6 is 0 Å². The number of nitrogens with one attached hydrogen (secondary N) is 1. The monoisotopic (exact) mass is 351 g/mol. The number of ketones is 1. The molecule has 5 nitrogen and oxygen atoms in total. The number of hydrogen-bond acceptors (Lipinski definition) is 5. The van der Waals surface area contributed by atoms with Gasteiger partial charge in [-0.25, -0.2) is 9.97 Å². The zero-order valence-electron chi connectivity index (χ0n) is 13.4. The SMILES string of the molecule is CC(=O)c1cnc(NC2(c3ccccc3OC(F)(F)F)CCC2)nc1. The van der Waals surface area contributed by atoms with Gasteiger partial charge in [0, 0.05) is 18.0 Å². The molecule has 0 amide bonds. The van der Waals surface area contributed by atoms with Crippen LogP contribution in [0.25, 0.3) is 0 Å². The Balaban J connectivity index is 1.90. The molecule has 0 spiro atoms. The van der Waals surface area contributed by atoms with Crippen LogP contribution in [0.3, 0.4) is 0 Å². The van der Waals surface area contributed by atoms with Gasteiger partial charge in [-0.2, -0.15) is 0 Å². The molecule has 1 aliphatic rings. The standard InChI is InChI=1S/C17H16F3N3O2/c1-11(24)12-9-21-15(22-10-12)23-16(7-4-8-16)13-5-2-3-6-14(13)25-17(18,19)20/h2-3,5-6,9-10H,4,7-8H2,1H3,(H,21,22,23). The van der Waals surface area contributed by atoms with Crippen molar-refractivity contribution in [3.8, 4) is 5.75 Å². The van der Waals surface area contributed by atoms with Crippen molar-refractivity contribution in [2.75, 3.05) is 5.32 Å². The van der Waals surface area contributed by atoms with Crippen molar-refractivity contribution in [3.63, 3.8) is 0 Å². The second kappa shape index (κ2) is 6.34. The molecule has 1 aromatic carbocycles. The van der Waals surface area contributed by atoms with Gasteiger partial charge >= 0.3 is 6.36 Å². The van der Waals surface area contributed by atoms with Crippen LogP contribution in [-0.2, 0) is 5.54 Å². The molecule has 1 aliphatic carbocycles. The summed E-state index contributed by atoms with van der Waals surface area (Å²) < 4.78 is 42.2. The maximum absolute atomic E-state index is 12.7. The number of halogens is 3. The maximum atomic E-state index is 12.7. The van der Waals surface area contributed by atoms with Crippen molar-refractivity contribution < 1.29 is 22.7 Å². The summed E-state index contributed by atoms with van der Waals surface area (Å²) in [5.41, 5.74) is 0.0615.